The van der Waals surface area contributed by atoms with Crippen LogP contribution in [0.4, 0.5) is 15.9 Å². The van der Waals surface area contributed by atoms with Crippen LogP contribution in [0.2, 0.25) is 10.0 Å². The number of aromatic nitrogens is 2. The Labute approximate surface area is 215 Å². The zero-order valence-electron chi connectivity index (χ0n) is 17.5. The minimum absolute atomic E-state index is 0.00278. The first-order valence-electron chi connectivity index (χ1n) is 9.84. The molecule has 0 saturated heterocycles. The average Bonchev–Trinajstić information content (AvgIpc) is 3.42. The van der Waals surface area contributed by atoms with Crippen molar-refractivity contribution in [3.63, 3.8) is 0 Å². The number of non-ortho nitro benzene ring substituents is 1. The molecule has 0 aliphatic heterocycles. The summed E-state index contributed by atoms with van der Waals surface area (Å²) in [5, 5.41) is 18.0. The number of furan rings is 1. The first-order chi connectivity index (χ1) is 16.7. The fraction of sp³-hybridized carbons (Fsp3) is 0.0909. The van der Waals surface area contributed by atoms with Crippen molar-refractivity contribution in [3.8, 4) is 5.75 Å². The molecule has 0 spiro atoms. The van der Waals surface area contributed by atoms with E-state index in [2.05, 4.69) is 26.3 Å². The smallest absolute Gasteiger partial charge is 0.292 e. The van der Waals surface area contributed by atoms with Gasteiger partial charge in [-0.15, -0.1) is 0 Å². The molecular weight excluding hydrogens is 570 g/mol. The number of hydrogen-bond acceptors (Lipinski definition) is 6. The molecule has 0 radical (unpaired) electrons. The number of hydrogen-bond donors (Lipinski definition) is 1. The quantitative estimate of drug-likeness (QED) is 0.188. The Morgan fingerprint density at radius 3 is 2.74 bits per heavy atom. The number of carbonyl (C=O) groups is 1. The van der Waals surface area contributed by atoms with Crippen LogP contribution < -0.4 is 10.1 Å². The normalized spacial score (nSPS) is 10.9. The lowest BCUT2D eigenvalue weighted by Gasteiger charge is -2.06. The zero-order chi connectivity index (χ0) is 25.1. The van der Waals surface area contributed by atoms with E-state index < -0.39 is 16.6 Å². The predicted molar refractivity (Wildman–Crippen MR) is 130 cm³/mol. The van der Waals surface area contributed by atoms with Crippen LogP contribution in [0.5, 0.6) is 5.75 Å². The Hall–Kier alpha value is -3.41. The number of amides is 1. The van der Waals surface area contributed by atoms with Gasteiger partial charge in [0.25, 0.3) is 11.6 Å². The summed E-state index contributed by atoms with van der Waals surface area (Å²) in [6, 6.07) is 11.2. The number of nitrogens with zero attached hydrogens (tertiary/aromatic N) is 3. The number of benzene rings is 2. The zero-order valence-corrected chi connectivity index (χ0v) is 20.6. The monoisotopic (exact) mass is 582 g/mol. The van der Waals surface area contributed by atoms with E-state index in [1.165, 1.54) is 41.1 Å². The molecular formula is C22H14BrCl2FN4O5. The van der Waals surface area contributed by atoms with Gasteiger partial charge in [-0.3, -0.25) is 19.6 Å². The van der Waals surface area contributed by atoms with Crippen LogP contribution in [-0.4, -0.2) is 20.6 Å². The van der Waals surface area contributed by atoms with Crippen molar-refractivity contribution in [1.82, 2.24) is 9.78 Å². The van der Waals surface area contributed by atoms with Gasteiger partial charge < -0.3 is 14.5 Å². The van der Waals surface area contributed by atoms with E-state index in [1.807, 2.05) is 0 Å². The molecule has 2 aromatic heterocycles. The largest absolute Gasteiger partial charge is 0.484 e. The summed E-state index contributed by atoms with van der Waals surface area (Å²) in [5.74, 6) is -0.284. The molecule has 4 rings (SSSR count). The maximum Gasteiger partial charge on any atom is 0.292 e. The van der Waals surface area contributed by atoms with Crippen LogP contribution in [0, 0.1) is 15.9 Å². The first-order valence-corrected chi connectivity index (χ1v) is 11.4. The summed E-state index contributed by atoms with van der Waals surface area (Å²) in [6.45, 7) is -0.0000486. The number of carbonyl (C=O) groups excluding carboxylic acids is 1. The second-order valence-corrected chi connectivity index (χ2v) is 8.77. The van der Waals surface area contributed by atoms with Gasteiger partial charge in [-0.1, -0.05) is 29.3 Å². The van der Waals surface area contributed by atoms with Crippen molar-refractivity contribution in [2.24, 2.45) is 0 Å². The molecule has 0 aliphatic rings. The summed E-state index contributed by atoms with van der Waals surface area (Å²) < 4.78 is 27.0. The van der Waals surface area contributed by atoms with E-state index in [0.29, 0.717) is 10.2 Å². The van der Waals surface area contributed by atoms with E-state index in [0.717, 1.165) is 0 Å². The van der Waals surface area contributed by atoms with Crippen molar-refractivity contribution in [2.75, 3.05) is 5.32 Å². The predicted octanol–water partition coefficient (Wildman–Crippen LogP) is 6.47. The van der Waals surface area contributed by atoms with Gasteiger partial charge in [0.1, 0.15) is 23.9 Å². The third-order valence-corrected chi connectivity index (χ3v) is 5.94. The Morgan fingerprint density at radius 1 is 1.23 bits per heavy atom. The van der Waals surface area contributed by atoms with Gasteiger partial charge in [0.05, 0.1) is 21.0 Å². The number of nitrogens with one attached hydrogen (secondary N) is 1. The molecule has 0 fully saturated rings. The number of rotatable bonds is 8. The maximum atomic E-state index is 14.1. The van der Waals surface area contributed by atoms with Gasteiger partial charge in [0, 0.05) is 28.9 Å². The molecule has 0 atom stereocenters. The summed E-state index contributed by atoms with van der Waals surface area (Å²) in [5.41, 5.74) is 0.107. The summed E-state index contributed by atoms with van der Waals surface area (Å²) in [6.07, 6.45) is 1.58. The molecule has 9 nitrogen and oxygen atoms in total. The molecule has 2 aromatic carbocycles. The maximum absolute atomic E-state index is 14.1. The van der Waals surface area contributed by atoms with Gasteiger partial charge in [-0.05, 0) is 46.3 Å². The van der Waals surface area contributed by atoms with Crippen LogP contribution in [0.15, 0.2) is 63.6 Å². The third-order valence-electron chi connectivity index (χ3n) is 4.71. The highest BCUT2D eigenvalue weighted by Gasteiger charge is 2.17. The van der Waals surface area contributed by atoms with Crippen LogP contribution in [-0.2, 0) is 13.2 Å². The lowest BCUT2D eigenvalue weighted by molar-refractivity contribution is -0.384. The van der Waals surface area contributed by atoms with Crippen LogP contribution in [0.25, 0.3) is 0 Å². The number of anilines is 1. The fourth-order valence-electron chi connectivity index (χ4n) is 3.02. The second kappa shape index (κ2) is 10.5. The van der Waals surface area contributed by atoms with Crippen LogP contribution in [0.3, 0.4) is 0 Å². The SMILES string of the molecule is O=C(Nc1nn(Cc2c(F)cccc2Cl)cc1Br)c1ccc(COc2ccc([N+](=O)[O-])cc2Cl)o1. The Balaban J connectivity index is 1.39. The van der Waals surface area contributed by atoms with Gasteiger partial charge in [-0.2, -0.15) is 5.10 Å². The summed E-state index contributed by atoms with van der Waals surface area (Å²) >= 11 is 15.4. The highest BCUT2D eigenvalue weighted by atomic mass is 79.9. The Kier molecular flexibility index (Phi) is 7.39. The minimum Gasteiger partial charge on any atom is -0.484 e. The number of ether oxygens (including phenoxy) is 1. The highest BCUT2D eigenvalue weighted by Crippen LogP contribution is 2.29. The van der Waals surface area contributed by atoms with Gasteiger partial charge in [0.15, 0.2) is 11.6 Å². The summed E-state index contributed by atoms with van der Waals surface area (Å²) in [4.78, 5) is 22.8. The lowest BCUT2D eigenvalue weighted by Crippen LogP contribution is -2.12. The number of nitro groups is 1. The van der Waals surface area contributed by atoms with Crippen molar-refractivity contribution >= 4 is 56.5 Å². The molecule has 0 aliphatic carbocycles. The van der Waals surface area contributed by atoms with Crippen molar-refractivity contribution in [3.05, 3.63) is 102 Å². The van der Waals surface area contributed by atoms with E-state index in [1.54, 1.807) is 18.3 Å². The van der Waals surface area contributed by atoms with E-state index in [-0.39, 0.29) is 51.8 Å². The average molecular weight is 584 g/mol. The van der Waals surface area contributed by atoms with Gasteiger partial charge in [-0.25, -0.2) is 4.39 Å². The van der Waals surface area contributed by atoms with Gasteiger partial charge in [0.2, 0.25) is 0 Å². The van der Waals surface area contributed by atoms with E-state index >= 15 is 0 Å². The highest BCUT2D eigenvalue weighted by molar-refractivity contribution is 9.10. The topological polar surface area (TPSA) is 112 Å². The lowest BCUT2D eigenvalue weighted by atomic mass is 10.2. The molecule has 2 heterocycles. The molecule has 35 heavy (non-hydrogen) atoms. The molecule has 0 bridgehead atoms. The first kappa shape index (κ1) is 24.7. The molecule has 1 amide bonds. The molecule has 13 heteroatoms. The van der Waals surface area contributed by atoms with Crippen LogP contribution in [0.1, 0.15) is 21.9 Å². The molecule has 0 saturated carbocycles. The van der Waals surface area contributed by atoms with Crippen LogP contribution >= 0.6 is 39.1 Å². The van der Waals surface area contributed by atoms with E-state index in [4.69, 9.17) is 32.4 Å². The van der Waals surface area contributed by atoms with Gasteiger partial charge >= 0.3 is 0 Å². The fourth-order valence-corrected chi connectivity index (χ4v) is 3.89. The number of halogens is 4. The van der Waals surface area contributed by atoms with Crippen molar-refractivity contribution in [2.45, 2.75) is 13.2 Å². The molecule has 0 unspecified atom stereocenters. The molecule has 180 valence electrons. The second-order valence-electron chi connectivity index (χ2n) is 7.10. The minimum atomic E-state index is -0.570. The Bertz CT molecular complexity index is 1400. The van der Waals surface area contributed by atoms with Crippen molar-refractivity contribution < 1.29 is 23.3 Å². The molecule has 1 N–H and O–H groups in total. The number of nitro benzene ring substituents is 1. The third kappa shape index (κ3) is 5.81. The summed E-state index contributed by atoms with van der Waals surface area (Å²) in [7, 11) is 0. The molecule has 4 aromatic rings. The Morgan fingerprint density at radius 2 is 2.03 bits per heavy atom. The van der Waals surface area contributed by atoms with E-state index in [9.17, 15) is 19.3 Å². The van der Waals surface area contributed by atoms with Crippen molar-refractivity contribution in [1.29, 1.82) is 0 Å². The standard InChI is InChI=1S/C22H14BrCl2FN4O5/c23-15-10-29(9-14-16(24)2-1-3-18(14)26)28-21(15)27-22(31)20-7-5-13(35-20)11-34-19-6-4-12(30(32)33)8-17(19)25/h1-8,10H,9,11H2,(H,27,28,31).